The third-order valence-corrected chi connectivity index (χ3v) is 3.60. The molecule has 2 unspecified atom stereocenters. The molecule has 1 aliphatic rings. The van der Waals surface area contributed by atoms with E-state index in [0.29, 0.717) is 5.41 Å². The second kappa shape index (κ2) is 5.86. The number of ether oxygens (including phenoxy) is 1. The highest BCUT2D eigenvalue weighted by Gasteiger charge is 2.49. The lowest BCUT2D eigenvalue weighted by Crippen LogP contribution is -2.33. The number of methoxy groups -OCH3 is 1. The van der Waals surface area contributed by atoms with Crippen LogP contribution in [0.4, 0.5) is 0 Å². The summed E-state index contributed by atoms with van der Waals surface area (Å²) in [5.74, 6) is 0.890. The van der Waals surface area contributed by atoms with Gasteiger partial charge < -0.3 is 10.1 Å². The van der Waals surface area contributed by atoms with Crippen LogP contribution in [-0.2, 0) is 4.74 Å². The minimum Gasteiger partial charge on any atom is -0.385 e. The average molecular weight is 213 g/mol. The van der Waals surface area contributed by atoms with Gasteiger partial charge in [0.1, 0.15) is 0 Å². The quantitative estimate of drug-likeness (QED) is 0.626. The summed E-state index contributed by atoms with van der Waals surface area (Å²) in [5, 5.41) is 3.69. The fourth-order valence-electron chi connectivity index (χ4n) is 2.42. The number of hydrogen-bond acceptors (Lipinski definition) is 2. The maximum Gasteiger partial charge on any atom is 0.0462 e. The van der Waals surface area contributed by atoms with E-state index in [4.69, 9.17) is 4.74 Å². The molecule has 90 valence electrons. The molecule has 1 N–H and O–H groups in total. The number of rotatable bonds is 8. The molecule has 0 saturated heterocycles. The van der Waals surface area contributed by atoms with Crippen LogP contribution >= 0.6 is 0 Å². The summed E-state index contributed by atoms with van der Waals surface area (Å²) in [5.41, 5.74) is 0.582. The summed E-state index contributed by atoms with van der Waals surface area (Å²) in [6.45, 7) is 9.06. The fraction of sp³-hybridized carbons (Fsp3) is 1.00. The molecule has 1 rings (SSSR count). The molecule has 1 aliphatic carbocycles. The van der Waals surface area contributed by atoms with E-state index < -0.39 is 0 Å². The van der Waals surface area contributed by atoms with E-state index in [0.717, 1.165) is 25.1 Å². The Kier molecular flexibility index (Phi) is 5.07. The minimum atomic E-state index is 0.582. The van der Waals surface area contributed by atoms with Crippen LogP contribution in [0, 0.1) is 11.3 Å². The zero-order chi connectivity index (χ0) is 11.3. The van der Waals surface area contributed by atoms with Crippen LogP contribution in [0.3, 0.4) is 0 Å². The van der Waals surface area contributed by atoms with Crippen molar-refractivity contribution in [2.75, 3.05) is 20.3 Å². The molecule has 0 aromatic rings. The van der Waals surface area contributed by atoms with E-state index in [1.54, 1.807) is 7.11 Å². The van der Waals surface area contributed by atoms with Crippen LogP contribution in [0.2, 0.25) is 0 Å². The molecular weight excluding hydrogens is 186 g/mol. The molecule has 15 heavy (non-hydrogen) atoms. The van der Waals surface area contributed by atoms with Crippen LogP contribution < -0.4 is 5.32 Å². The van der Waals surface area contributed by atoms with Gasteiger partial charge in [0, 0.05) is 19.8 Å². The molecule has 2 nitrogen and oxygen atoms in total. The highest BCUT2D eigenvalue weighted by atomic mass is 16.5. The highest BCUT2D eigenvalue weighted by Crippen LogP contribution is 2.54. The lowest BCUT2D eigenvalue weighted by molar-refractivity contribution is 0.186. The molecule has 1 fully saturated rings. The Bertz CT molecular complexity index is 179. The molecule has 1 saturated carbocycles. The Hall–Kier alpha value is -0.0800. The van der Waals surface area contributed by atoms with Crippen molar-refractivity contribution in [1.29, 1.82) is 0 Å². The fourth-order valence-corrected chi connectivity index (χ4v) is 2.42. The number of nitrogens with one attached hydrogen (secondary N) is 1. The SMILES string of the molecule is CCCNC(CCCOC)C1CC1(C)C. The minimum absolute atomic E-state index is 0.582. The topological polar surface area (TPSA) is 21.3 Å². The highest BCUT2D eigenvalue weighted by molar-refractivity contribution is 5.01. The van der Waals surface area contributed by atoms with Gasteiger partial charge >= 0.3 is 0 Å². The summed E-state index contributed by atoms with van der Waals surface area (Å²) in [7, 11) is 1.79. The number of hydrogen-bond donors (Lipinski definition) is 1. The molecule has 0 aromatic carbocycles. The Morgan fingerprint density at radius 1 is 1.47 bits per heavy atom. The van der Waals surface area contributed by atoms with E-state index in [1.807, 2.05) is 0 Å². The third-order valence-electron chi connectivity index (χ3n) is 3.60. The van der Waals surface area contributed by atoms with Gasteiger partial charge in [0.05, 0.1) is 0 Å². The van der Waals surface area contributed by atoms with Gasteiger partial charge in [-0.25, -0.2) is 0 Å². The summed E-state index contributed by atoms with van der Waals surface area (Å²) < 4.78 is 5.12. The monoisotopic (exact) mass is 213 g/mol. The van der Waals surface area contributed by atoms with E-state index in [9.17, 15) is 0 Å². The average Bonchev–Trinajstić information content (AvgIpc) is 2.81. The van der Waals surface area contributed by atoms with Gasteiger partial charge in [-0.3, -0.25) is 0 Å². The molecule has 0 amide bonds. The maximum absolute atomic E-state index is 5.12. The van der Waals surface area contributed by atoms with Crippen molar-refractivity contribution >= 4 is 0 Å². The van der Waals surface area contributed by atoms with Crippen LogP contribution in [0.5, 0.6) is 0 Å². The lowest BCUT2D eigenvalue weighted by atomic mass is 10.00. The smallest absolute Gasteiger partial charge is 0.0462 e. The van der Waals surface area contributed by atoms with Crippen molar-refractivity contribution in [3.05, 3.63) is 0 Å². The van der Waals surface area contributed by atoms with E-state index >= 15 is 0 Å². The van der Waals surface area contributed by atoms with E-state index in [-0.39, 0.29) is 0 Å². The van der Waals surface area contributed by atoms with Gasteiger partial charge in [-0.05, 0) is 43.6 Å². The third kappa shape index (κ3) is 4.12. The van der Waals surface area contributed by atoms with Gasteiger partial charge in [-0.1, -0.05) is 20.8 Å². The molecule has 0 aliphatic heterocycles. The van der Waals surface area contributed by atoms with Gasteiger partial charge in [0.2, 0.25) is 0 Å². The molecule has 0 radical (unpaired) electrons. The second-order valence-corrected chi connectivity index (χ2v) is 5.49. The Morgan fingerprint density at radius 2 is 2.13 bits per heavy atom. The summed E-state index contributed by atoms with van der Waals surface area (Å²) >= 11 is 0. The van der Waals surface area contributed by atoms with Gasteiger partial charge in [0.15, 0.2) is 0 Å². The van der Waals surface area contributed by atoms with Crippen LogP contribution in [-0.4, -0.2) is 26.3 Å². The first-order chi connectivity index (χ1) is 7.11. The van der Waals surface area contributed by atoms with E-state index in [2.05, 4.69) is 26.1 Å². The van der Waals surface area contributed by atoms with Crippen molar-refractivity contribution in [2.24, 2.45) is 11.3 Å². The summed E-state index contributed by atoms with van der Waals surface area (Å²) in [4.78, 5) is 0. The van der Waals surface area contributed by atoms with Crippen molar-refractivity contribution in [2.45, 2.75) is 52.5 Å². The molecule has 0 bridgehead atoms. The Morgan fingerprint density at radius 3 is 2.60 bits per heavy atom. The van der Waals surface area contributed by atoms with Crippen molar-refractivity contribution < 1.29 is 4.74 Å². The van der Waals surface area contributed by atoms with Crippen molar-refractivity contribution in [3.63, 3.8) is 0 Å². The maximum atomic E-state index is 5.12. The van der Waals surface area contributed by atoms with Crippen molar-refractivity contribution in [3.8, 4) is 0 Å². The normalized spacial score (nSPS) is 25.2. The first-order valence-corrected chi connectivity index (χ1v) is 6.34. The molecular formula is C13H27NO. The van der Waals surface area contributed by atoms with Gasteiger partial charge in [-0.15, -0.1) is 0 Å². The second-order valence-electron chi connectivity index (χ2n) is 5.49. The first kappa shape index (κ1) is 13.0. The van der Waals surface area contributed by atoms with Crippen LogP contribution in [0.25, 0.3) is 0 Å². The zero-order valence-electron chi connectivity index (χ0n) is 10.8. The van der Waals surface area contributed by atoms with Gasteiger partial charge in [-0.2, -0.15) is 0 Å². The first-order valence-electron chi connectivity index (χ1n) is 6.34. The van der Waals surface area contributed by atoms with Gasteiger partial charge in [0.25, 0.3) is 0 Å². The summed E-state index contributed by atoms with van der Waals surface area (Å²) in [6, 6.07) is 0.718. The molecule has 2 atom stereocenters. The summed E-state index contributed by atoms with van der Waals surface area (Å²) in [6.07, 6.45) is 5.07. The standard InChI is InChI=1S/C13H27NO/c1-5-8-14-12(7-6-9-15-4)11-10-13(11,2)3/h11-12,14H,5-10H2,1-4H3. The molecule has 0 aromatic heterocycles. The predicted molar refractivity (Wildman–Crippen MR) is 65.1 cm³/mol. The predicted octanol–water partition coefficient (Wildman–Crippen LogP) is 2.83. The molecule has 0 heterocycles. The zero-order valence-corrected chi connectivity index (χ0v) is 10.8. The molecule has 2 heteroatoms. The van der Waals surface area contributed by atoms with Crippen LogP contribution in [0.15, 0.2) is 0 Å². The Labute approximate surface area is 94.8 Å². The van der Waals surface area contributed by atoms with E-state index in [1.165, 1.54) is 25.7 Å². The molecule has 0 spiro atoms. The van der Waals surface area contributed by atoms with Crippen LogP contribution in [0.1, 0.15) is 46.5 Å². The largest absolute Gasteiger partial charge is 0.385 e. The van der Waals surface area contributed by atoms with Crippen molar-refractivity contribution in [1.82, 2.24) is 5.32 Å². The lowest BCUT2D eigenvalue weighted by Gasteiger charge is -2.20. The Balaban J connectivity index is 2.27.